The maximum atomic E-state index is 12.8. The molecule has 2 fully saturated rings. The van der Waals surface area contributed by atoms with E-state index < -0.39 is 8.32 Å². The monoisotopic (exact) mass is 497 g/mol. The molecule has 35 heavy (non-hydrogen) atoms. The third-order valence-electron chi connectivity index (χ3n) is 9.53. The van der Waals surface area contributed by atoms with Gasteiger partial charge in [-0.1, -0.05) is 33.3 Å². The molecule has 3 heterocycles. The van der Waals surface area contributed by atoms with Gasteiger partial charge in [0.25, 0.3) is 0 Å². The summed E-state index contributed by atoms with van der Waals surface area (Å²) in [5.74, 6) is 0.285. The zero-order chi connectivity index (χ0) is 24.8. The fourth-order valence-electron chi connectivity index (χ4n) is 6.28. The van der Waals surface area contributed by atoms with Gasteiger partial charge in [0.05, 0.1) is 25.0 Å². The van der Waals surface area contributed by atoms with Crippen molar-refractivity contribution in [3.63, 3.8) is 0 Å². The van der Waals surface area contributed by atoms with Crippen molar-refractivity contribution in [3.8, 4) is 0 Å². The van der Waals surface area contributed by atoms with E-state index >= 15 is 0 Å². The predicted octanol–water partition coefficient (Wildman–Crippen LogP) is 6.77. The first-order chi connectivity index (χ1) is 16.6. The molecular weight excluding hydrogens is 454 g/mol. The number of carbonyl (C=O) groups excluding carboxylic acids is 1. The van der Waals surface area contributed by atoms with Gasteiger partial charge in [-0.2, -0.15) is 0 Å². The number of fused-ring (bicyclic) bond motifs is 1. The lowest BCUT2D eigenvalue weighted by Gasteiger charge is -2.51. The van der Waals surface area contributed by atoms with Crippen LogP contribution in [-0.2, 0) is 20.3 Å². The molecule has 2 aliphatic heterocycles. The minimum atomic E-state index is -2.03. The third kappa shape index (κ3) is 4.72. The highest BCUT2D eigenvalue weighted by atomic mass is 28.4. The van der Waals surface area contributed by atoms with Crippen molar-refractivity contribution >= 4 is 20.2 Å². The van der Waals surface area contributed by atoms with E-state index in [1.165, 1.54) is 36.1 Å². The molecule has 2 aliphatic carbocycles. The van der Waals surface area contributed by atoms with Crippen LogP contribution in [0.5, 0.6) is 0 Å². The van der Waals surface area contributed by atoms with Gasteiger partial charge >= 0.3 is 0 Å². The summed E-state index contributed by atoms with van der Waals surface area (Å²) in [7, 11) is -2.03. The molecule has 1 aromatic heterocycles. The first-order valence-corrected chi connectivity index (χ1v) is 16.6. The van der Waals surface area contributed by atoms with Gasteiger partial charge < -0.3 is 13.9 Å². The van der Waals surface area contributed by atoms with Gasteiger partial charge in [-0.15, -0.1) is 0 Å². The molecule has 0 amide bonds. The minimum Gasteiger partial charge on any atom is -0.410 e. The van der Waals surface area contributed by atoms with Crippen LogP contribution in [0.15, 0.2) is 6.08 Å². The quantitative estimate of drug-likeness (QED) is 0.332. The number of hydrogen-bond acceptors (Lipinski definition) is 5. The Kier molecular flexibility index (Phi) is 6.88. The van der Waals surface area contributed by atoms with Crippen molar-refractivity contribution in [2.75, 3.05) is 26.4 Å². The average Bonchev–Trinajstić information content (AvgIpc) is 2.82. The van der Waals surface area contributed by atoms with Crippen LogP contribution in [0.3, 0.4) is 0 Å². The van der Waals surface area contributed by atoms with Gasteiger partial charge in [0.1, 0.15) is 0 Å². The van der Waals surface area contributed by atoms with Crippen molar-refractivity contribution in [2.45, 2.75) is 102 Å². The molecule has 0 N–H and O–H groups in total. The number of aldehydes is 1. The van der Waals surface area contributed by atoms with E-state index in [4.69, 9.17) is 18.9 Å². The molecule has 5 nitrogen and oxygen atoms in total. The van der Waals surface area contributed by atoms with E-state index in [-0.39, 0.29) is 17.1 Å². The summed E-state index contributed by atoms with van der Waals surface area (Å²) in [5.41, 5.74) is 6.92. The molecule has 5 rings (SSSR count). The van der Waals surface area contributed by atoms with Gasteiger partial charge in [0, 0.05) is 36.0 Å². The highest BCUT2D eigenvalue weighted by Gasteiger charge is 2.49. The van der Waals surface area contributed by atoms with Crippen molar-refractivity contribution in [2.24, 2.45) is 5.41 Å². The summed E-state index contributed by atoms with van der Waals surface area (Å²) in [6.07, 6.45) is 11.9. The van der Waals surface area contributed by atoms with Gasteiger partial charge in [-0.25, -0.2) is 0 Å². The van der Waals surface area contributed by atoms with E-state index in [0.717, 1.165) is 68.4 Å². The Morgan fingerprint density at radius 1 is 1.14 bits per heavy atom. The Balaban J connectivity index is 1.70. The second kappa shape index (κ2) is 9.51. The predicted molar refractivity (Wildman–Crippen MR) is 141 cm³/mol. The normalized spacial score (nSPS) is 25.1. The van der Waals surface area contributed by atoms with Crippen LogP contribution in [0.4, 0.5) is 0 Å². The number of rotatable bonds is 5. The van der Waals surface area contributed by atoms with Gasteiger partial charge in [-0.05, 0) is 79.6 Å². The van der Waals surface area contributed by atoms with Crippen LogP contribution < -0.4 is 0 Å². The maximum Gasteiger partial charge on any atom is 0.192 e. The molecule has 0 aromatic carbocycles. The van der Waals surface area contributed by atoms with Gasteiger partial charge in [0.2, 0.25) is 0 Å². The third-order valence-corrected chi connectivity index (χ3v) is 14.0. The SMILES string of the molecule is CC(C)(C)[Si](C)(C)OC1CC2(CCC2)Cc2nc(C3CCOCC3)c(C=O)c(C3=CCOCC3)c21. The van der Waals surface area contributed by atoms with E-state index in [0.29, 0.717) is 18.6 Å². The Bertz CT molecular complexity index is 999. The summed E-state index contributed by atoms with van der Waals surface area (Å²) in [4.78, 5) is 18.2. The maximum absolute atomic E-state index is 12.8. The zero-order valence-electron chi connectivity index (χ0n) is 22.4. The lowest BCUT2D eigenvalue weighted by Crippen LogP contribution is -2.46. The number of nitrogens with zero attached hydrogens (tertiary/aromatic N) is 1. The molecule has 1 spiro atoms. The minimum absolute atomic E-state index is 0.00799. The molecular formula is C29H43NO4Si. The van der Waals surface area contributed by atoms with Crippen LogP contribution in [0.2, 0.25) is 18.1 Å². The molecule has 192 valence electrons. The number of pyridine rings is 1. The zero-order valence-corrected chi connectivity index (χ0v) is 23.4. The van der Waals surface area contributed by atoms with Crippen LogP contribution >= 0.6 is 0 Å². The smallest absolute Gasteiger partial charge is 0.192 e. The van der Waals surface area contributed by atoms with E-state index in [9.17, 15) is 4.79 Å². The van der Waals surface area contributed by atoms with E-state index in [1.54, 1.807) is 0 Å². The molecule has 1 saturated heterocycles. The van der Waals surface area contributed by atoms with Crippen LogP contribution in [0, 0.1) is 5.41 Å². The van der Waals surface area contributed by atoms with Crippen LogP contribution in [0.1, 0.15) is 111 Å². The molecule has 0 radical (unpaired) electrons. The van der Waals surface area contributed by atoms with Crippen molar-refractivity contribution in [3.05, 3.63) is 34.2 Å². The lowest BCUT2D eigenvalue weighted by atomic mass is 9.59. The Morgan fingerprint density at radius 2 is 1.89 bits per heavy atom. The summed E-state index contributed by atoms with van der Waals surface area (Å²) < 4.78 is 18.6. The van der Waals surface area contributed by atoms with Gasteiger partial charge in [0.15, 0.2) is 14.6 Å². The number of ether oxygens (including phenoxy) is 2. The summed E-state index contributed by atoms with van der Waals surface area (Å²) in [6.45, 7) is 14.4. The summed E-state index contributed by atoms with van der Waals surface area (Å²) in [5, 5.41) is 0.123. The molecule has 4 aliphatic rings. The Labute approximate surface area is 212 Å². The lowest BCUT2D eigenvalue weighted by molar-refractivity contribution is 0.0296. The van der Waals surface area contributed by atoms with Crippen molar-refractivity contribution < 1.29 is 18.7 Å². The molecule has 1 saturated carbocycles. The Morgan fingerprint density at radius 3 is 2.46 bits per heavy atom. The molecule has 0 bridgehead atoms. The van der Waals surface area contributed by atoms with Gasteiger partial charge in [-0.3, -0.25) is 9.78 Å². The number of aromatic nitrogens is 1. The first-order valence-electron chi connectivity index (χ1n) is 13.7. The van der Waals surface area contributed by atoms with Crippen molar-refractivity contribution in [1.82, 2.24) is 4.98 Å². The highest BCUT2D eigenvalue weighted by molar-refractivity contribution is 6.74. The molecule has 6 heteroatoms. The van der Waals surface area contributed by atoms with E-state index in [2.05, 4.69) is 39.9 Å². The topological polar surface area (TPSA) is 57.7 Å². The fourth-order valence-corrected chi connectivity index (χ4v) is 7.55. The van der Waals surface area contributed by atoms with Crippen LogP contribution in [0.25, 0.3) is 5.57 Å². The summed E-state index contributed by atoms with van der Waals surface area (Å²) >= 11 is 0. The number of carbonyl (C=O) groups is 1. The molecule has 1 unspecified atom stereocenters. The molecule has 1 aromatic rings. The summed E-state index contributed by atoms with van der Waals surface area (Å²) in [6, 6.07) is 0. The molecule has 1 atom stereocenters. The highest BCUT2D eigenvalue weighted by Crippen LogP contribution is 2.57. The van der Waals surface area contributed by atoms with Crippen molar-refractivity contribution in [1.29, 1.82) is 0 Å². The second-order valence-electron chi connectivity index (χ2n) is 12.8. The second-order valence-corrected chi connectivity index (χ2v) is 17.6. The fraction of sp³-hybridized carbons (Fsp3) is 0.724. The van der Waals surface area contributed by atoms with E-state index in [1.807, 2.05) is 0 Å². The average molecular weight is 498 g/mol. The van der Waals surface area contributed by atoms with Crippen LogP contribution in [-0.4, -0.2) is 46.0 Å². The standard InChI is InChI=1S/C29H43NO4Si/c1-28(2,3)35(4,5)34-24-18-29(11-6-12-29)17-23-26(24)25(20-7-13-32-14-8-20)22(19-31)27(30-23)21-9-15-33-16-10-21/h7,19,21,24H,6,8-18H2,1-5H3. The number of hydrogen-bond donors (Lipinski definition) is 0. The first kappa shape index (κ1) is 25.3. The Hall–Kier alpha value is -1.34. The largest absolute Gasteiger partial charge is 0.410 e.